The fourth-order valence-electron chi connectivity index (χ4n) is 3.81. The van der Waals surface area contributed by atoms with Gasteiger partial charge in [-0.2, -0.15) is 0 Å². The van der Waals surface area contributed by atoms with Crippen molar-refractivity contribution in [2.75, 3.05) is 6.16 Å². The second kappa shape index (κ2) is 13.5. The van der Waals surface area contributed by atoms with Gasteiger partial charge in [-0.3, -0.25) is 0 Å². The van der Waals surface area contributed by atoms with E-state index in [9.17, 15) is 0 Å². The van der Waals surface area contributed by atoms with Crippen LogP contribution in [0.1, 0.15) is 42.4 Å². The van der Waals surface area contributed by atoms with Gasteiger partial charge in [0, 0.05) is 5.41 Å². The van der Waals surface area contributed by atoms with E-state index >= 15 is 0 Å². The first-order chi connectivity index (χ1) is 13.8. The predicted molar refractivity (Wildman–Crippen MR) is 124 cm³/mol. The molecular weight excluding hydrogens is 491 g/mol. The van der Waals surface area contributed by atoms with Crippen molar-refractivity contribution in [3.63, 3.8) is 0 Å². The maximum absolute atomic E-state index is 4.85. The van der Waals surface area contributed by atoms with Gasteiger partial charge in [-0.1, -0.05) is 104 Å². The Balaban J connectivity index is 0.000000878. The van der Waals surface area contributed by atoms with Gasteiger partial charge in [0.15, 0.2) is 0 Å². The third-order valence-corrected chi connectivity index (χ3v) is 5.46. The van der Waals surface area contributed by atoms with Crippen LogP contribution in [0.5, 0.6) is 0 Å². The molecule has 28 heavy (non-hydrogen) atoms. The van der Waals surface area contributed by atoms with Crippen molar-refractivity contribution < 1.29 is 15.1 Å². The van der Waals surface area contributed by atoms with E-state index in [1.54, 1.807) is 0 Å². The maximum atomic E-state index is 4.85. The summed E-state index contributed by atoms with van der Waals surface area (Å²) in [5.74, 6) is 0. The van der Waals surface area contributed by atoms with Gasteiger partial charge in [0.1, 0.15) is 0 Å². The Labute approximate surface area is 187 Å². The summed E-state index contributed by atoms with van der Waals surface area (Å²) in [5.41, 5.74) is 4.08. The van der Waals surface area contributed by atoms with Crippen LogP contribution in [0.15, 0.2) is 91.0 Å². The van der Waals surface area contributed by atoms with Crippen LogP contribution >= 0.6 is 28.6 Å². The van der Waals surface area contributed by atoms with Gasteiger partial charge in [-0.15, -0.1) is 9.24 Å². The van der Waals surface area contributed by atoms with Crippen LogP contribution in [0, 0.1) is 0 Å². The molecule has 0 aliphatic rings. The molecular formula is C24H27Cl2PRu. The summed E-state index contributed by atoms with van der Waals surface area (Å²) in [6.07, 6.45) is 6.11. The van der Waals surface area contributed by atoms with Gasteiger partial charge < -0.3 is 0 Å². The molecule has 0 saturated heterocycles. The van der Waals surface area contributed by atoms with Gasteiger partial charge in [-0.05, 0) is 35.7 Å². The molecule has 3 aromatic carbocycles. The molecule has 0 aliphatic carbocycles. The van der Waals surface area contributed by atoms with Gasteiger partial charge in [0.25, 0.3) is 0 Å². The summed E-state index contributed by atoms with van der Waals surface area (Å²) >= 11 is -0.346. The van der Waals surface area contributed by atoms with Crippen LogP contribution in [0.4, 0.5) is 0 Å². The summed E-state index contributed by atoms with van der Waals surface area (Å²) in [4.78, 5) is 0. The molecule has 0 saturated carbocycles. The van der Waals surface area contributed by atoms with E-state index in [0.717, 1.165) is 6.42 Å². The number of unbranched alkanes of at least 4 members (excludes halogenated alkanes) is 2. The van der Waals surface area contributed by atoms with Crippen LogP contribution in [0.25, 0.3) is 0 Å². The summed E-state index contributed by atoms with van der Waals surface area (Å²) in [7, 11) is 12.6. The van der Waals surface area contributed by atoms with Crippen molar-refractivity contribution >= 4 is 28.6 Å². The molecule has 0 aromatic heterocycles. The Bertz CT molecular complexity index is 670. The Hall–Kier alpha value is -0.707. The van der Waals surface area contributed by atoms with Gasteiger partial charge in [0.05, 0.1) is 0 Å². The second-order valence-electron chi connectivity index (χ2n) is 6.65. The first kappa shape index (κ1) is 23.6. The van der Waals surface area contributed by atoms with Crippen molar-refractivity contribution in [3.05, 3.63) is 108 Å². The second-order valence-corrected chi connectivity index (χ2v) is 9.87. The molecule has 0 heterocycles. The Morgan fingerprint density at radius 1 is 0.607 bits per heavy atom. The minimum absolute atomic E-state index is 0.0787. The zero-order chi connectivity index (χ0) is 20.1. The average Bonchev–Trinajstić information content (AvgIpc) is 2.77. The summed E-state index contributed by atoms with van der Waals surface area (Å²) in [6, 6.07) is 33.0. The number of hydrogen-bond donors (Lipinski definition) is 0. The van der Waals surface area contributed by atoms with Crippen LogP contribution in [0.3, 0.4) is 0 Å². The fourth-order valence-corrected chi connectivity index (χ4v) is 4.10. The Morgan fingerprint density at radius 2 is 0.964 bits per heavy atom. The number of rotatable bonds is 8. The number of benzene rings is 3. The third kappa shape index (κ3) is 6.40. The average molecular weight is 518 g/mol. The Morgan fingerprint density at radius 3 is 1.29 bits per heavy atom. The quantitative estimate of drug-likeness (QED) is 0.123. The van der Waals surface area contributed by atoms with E-state index in [1.165, 1.54) is 42.1 Å². The van der Waals surface area contributed by atoms with E-state index in [0.29, 0.717) is 0 Å². The molecule has 0 fully saturated rings. The van der Waals surface area contributed by atoms with E-state index in [2.05, 4.69) is 100 Å². The van der Waals surface area contributed by atoms with E-state index in [1.807, 2.05) is 0 Å². The molecule has 150 valence electrons. The van der Waals surface area contributed by atoms with Gasteiger partial charge in [-0.25, -0.2) is 0 Å². The molecule has 0 spiro atoms. The molecule has 0 nitrogen and oxygen atoms in total. The predicted octanol–water partition coefficient (Wildman–Crippen LogP) is 7.83. The summed E-state index contributed by atoms with van der Waals surface area (Å²) in [6.45, 7) is 0. The van der Waals surface area contributed by atoms with Crippen molar-refractivity contribution in [3.8, 4) is 0 Å². The molecule has 0 bridgehead atoms. The van der Waals surface area contributed by atoms with E-state index < -0.39 is 0 Å². The van der Waals surface area contributed by atoms with E-state index in [-0.39, 0.29) is 20.6 Å². The molecule has 1 unspecified atom stereocenters. The molecule has 3 aromatic rings. The fraction of sp³-hybridized carbons (Fsp3) is 0.250. The van der Waals surface area contributed by atoms with Crippen molar-refractivity contribution in [1.82, 2.24) is 0 Å². The van der Waals surface area contributed by atoms with Crippen LogP contribution in [-0.2, 0) is 20.6 Å². The standard InChI is InChI=1S/C24H27P.2ClH.Ru/c25-20-12-4-11-19-24(21-13-5-1-6-14-21,22-15-7-2-8-16-22)23-17-9-3-10-18-23;;;/h1-3,5-10,13-18H,4,11-12,19-20,25H2;2*1H;/q;;;+2/p-2. The first-order valence-electron chi connectivity index (χ1n) is 9.51. The molecule has 3 rings (SSSR count). The zero-order valence-corrected chi connectivity index (χ0v) is 20.3. The van der Waals surface area contributed by atoms with Gasteiger partial charge in [0.2, 0.25) is 0 Å². The Kier molecular flexibility index (Phi) is 11.4. The van der Waals surface area contributed by atoms with Crippen LogP contribution in [-0.4, -0.2) is 6.16 Å². The van der Waals surface area contributed by atoms with E-state index in [4.69, 9.17) is 19.4 Å². The molecule has 1 atom stereocenters. The number of halogens is 2. The first-order valence-corrected chi connectivity index (χ1v) is 14.8. The molecule has 0 aliphatic heterocycles. The normalized spacial score (nSPS) is 11.0. The molecule has 4 heteroatoms. The molecule has 0 radical (unpaired) electrons. The zero-order valence-electron chi connectivity index (χ0n) is 15.9. The SMILES string of the molecule is PCCCCCC(c1ccccc1)(c1ccccc1)c1ccccc1.[Cl][Ru][Cl]. The topological polar surface area (TPSA) is 0 Å². The minimum atomic E-state index is -0.346. The summed E-state index contributed by atoms with van der Waals surface area (Å²) in [5, 5.41) is 0. The molecule has 0 amide bonds. The van der Waals surface area contributed by atoms with Crippen molar-refractivity contribution in [2.24, 2.45) is 0 Å². The van der Waals surface area contributed by atoms with Crippen molar-refractivity contribution in [2.45, 2.75) is 31.1 Å². The molecule has 0 N–H and O–H groups in total. The monoisotopic (exact) mass is 518 g/mol. The number of hydrogen-bond acceptors (Lipinski definition) is 0. The van der Waals surface area contributed by atoms with Crippen LogP contribution in [0.2, 0.25) is 0 Å². The van der Waals surface area contributed by atoms with Crippen molar-refractivity contribution in [1.29, 1.82) is 0 Å². The van der Waals surface area contributed by atoms with Gasteiger partial charge >= 0.3 is 34.5 Å². The summed E-state index contributed by atoms with van der Waals surface area (Å²) < 4.78 is 0. The third-order valence-electron chi connectivity index (χ3n) is 5.06. The van der Waals surface area contributed by atoms with Crippen LogP contribution < -0.4 is 0 Å².